The summed E-state index contributed by atoms with van der Waals surface area (Å²) in [6, 6.07) is 0.383. The van der Waals surface area contributed by atoms with E-state index < -0.39 is 0 Å². The van der Waals surface area contributed by atoms with Gasteiger partial charge >= 0.3 is 0 Å². The molecule has 0 aromatic carbocycles. The molecule has 24 heavy (non-hydrogen) atoms. The maximum Gasteiger partial charge on any atom is 0.236 e. The zero-order valence-corrected chi connectivity index (χ0v) is 15.8. The van der Waals surface area contributed by atoms with E-state index in [0.29, 0.717) is 19.1 Å². The van der Waals surface area contributed by atoms with Gasteiger partial charge in [0.15, 0.2) is 0 Å². The van der Waals surface area contributed by atoms with E-state index in [9.17, 15) is 9.59 Å². The topological polar surface area (TPSA) is 55.9 Å². The van der Waals surface area contributed by atoms with Gasteiger partial charge in [0.2, 0.25) is 11.8 Å². The molecular weight excluding hydrogens is 304 g/mol. The van der Waals surface area contributed by atoms with E-state index in [1.165, 1.54) is 6.42 Å². The smallest absolute Gasteiger partial charge is 0.236 e. The average molecular weight is 338 g/mol. The molecule has 0 aromatic rings. The van der Waals surface area contributed by atoms with Gasteiger partial charge in [-0.1, -0.05) is 0 Å². The van der Waals surface area contributed by atoms with Gasteiger partial charge in [-0.05, 0) is 47.0 Å². The molecule has 1 atom stereocenters. The van der Waals surface area contributed by atoms with Crippen LogP contribution in [0.15, 0.2) is 0 Å². The Bertz CT molecular complexity index is 439. The lowest BCUT2D eigenvalue weighted by Crippen LogP contribution is -2.54. The monoisotopic (exact) mass is 338 g/mol. The molecule has 6 heteroatoms. The Morgan fingerprint density at radius 2 is 1.54 bits per heavy atom. The van der Waals surface area contributed by atoms with Crippen molar-refractivity contribution < 1.29 is 9.59 Å². The van der Waals surface area contributed by atoms with E-state index >= 15 is 0 Å². The van der Waals surface area contributed by atoms with Crippen molar-refractivity contribution in [1.82, 2.24) is 20.0 Å². The van der Waals surface area contributed by atoms with Crippen LogP contribution in [0.1, 0.15) is 47.0 Å². The van der Waals surface area contributed by atoms with E-state index in [2.05, 4.69) is 22.0 Å². The molecule has 2 heterocycles. The molecule has 2 rings (SSSR count). The molecule has 0 spiro atoms. The summed E-state index contributed by atoms with van der Waals surface area (Å²) in [4.78, 5) is 30.9. The van der Waals surface area contributed by atoms with Crippen molar-refractivity contribution in [3.05, 3.63) is 0 Å². The Labute approximate surface area is 146 Å². The van der Waals surface area contributed by atoms with Crippen molar-refractivity contribution in [3.63, 3.8) is 0 Å². The Hall–Kier alpha value is -1.14. The quantitative estimate of drug-likeness (QED) is 0.828. The van der Waals surface area contributed by atoms with Gasteiger partial charge in [-0.15, -0.1) is 0 Å². The molecule has 2 amide bonds. The zero-order chi connectivity index (χ0) is 17.7. The molecule has 0 radical (unpaired) electrons. The van der Waals surface area contributed by atoms with E-state index in [0.717, 1.165) is 45.6 Å². The molecular formula is C18H34N4O2. The summed E-state index contributed by atoms with van der Waals surface area (Å²) in [5.74, 6) is 0.343. The third-order valence-electron chi connectivity index (χ3n) is 4.83. The van der Waals surface area contributed by atoms with E-state index in [1.54, 1.807) is 0 Å². The van der Waals surface area contributed by atoms with Crippen molar-refractivity contribution in [2.45, 2.75) is 58.5 Å². The minimum Gasteiger partial charge on any atom is -0.350 e. The van der Waals surface area contributed by atoms with Crippen molar-refractivity contribution in [3.8, 4) is 0 Å². The number of piperidine rings is 1. The van der Waals surface area contributed by atoms with Crippen LogP contribution in [0.25, 0.3) is 0 Å². The summed E-state index contributed by atoms with van der Waals surface area (Å²) in [6.45, 7) is 13.4. The summed E-state index contributed by atoms with van der Waals surface area (Å²) in [5.41, 5.74) is -0.184. The molecule has 0 bridgehead atoms. The molecule has 2 fully saturated rings. The van der Waals surface area contributed by atoms with Crippen molar-refractivity contribution in [1.29, 1.82) is 0 Å². The lowest BCUT2D eigenvalue weighted by molar-refractivity contribution is -0.136. The van der Waals surface area contributed by atoms with Gasteiger partial charge in [-0.3, -0.25) is 19.4 Å². The molecule has 138 valence electrons. The number of piperazine rings is 1. The number of carbonyl (C=O) groups excluding carboxylic acids is 2. The Morgan fingerprint density at radius 3 is 2.08 bits per heavy atom. The normalized spacial score (nSPS) is 24.0. The number of nitrogens with one attached hydrogen (secondary N) is 1. The van der Waals surface area contributed by atoms with Crippen molar-refractivity contribution in [2.24, 2.45) is 0 Å². The maximum absolute atomic E-state index is 12.5. The number of hydrogen-bond acceptors (Lipinski definition) is 4. The first-order chi connectivity index (χ1) is 11.2. The highest BCUT2D eigenvalue weighted by Gasteiger charge is 2.27. The third-order valence-corrected chi connectivity index (χ3v) is 4.83. The summed E-state index contributed by atoms with van der Waals surface area (Å²) in [5, 5.41) is 3.00. The van der Waals surface area contributed by atoms with Gasteiger partial charge in [0.05, 0.1) is 13.1 Å². The van der Waals surface area contributed by atoms with Gasteiger partial charge in [0, 0.05) is 44.3 Å². The second-order valence-corrected chi connectivity index (χ2v) is 8.28. The average Bonchev–Trinajstić information content (AvgIpc) is 2.47. The molecule has 0 unspecified atom stereocenters. The molecule has 0 aliphatic carbocycles. The van der Waals surface area contributed by atoms with Crippen LogP contribution < -0.4 is 5.32 Å². The molecule has 6 nitrogen and oxygen atoms in total. The number of rotatable bonds is 4. The molecule has 0 aromatic heterocycles. The Morgan fingerprint density at radius 1 is 0.958 bits per heavy atom. The van der Waals surface area contributed by atoms with Crippen LogP contribution in [-0.2, 0) is 9.59 Å². The number of hydrogen-bond donors (Lipinski definition) is 1. The van der Waals surface area contributed by atoms with Gasteiger partial charge < -0.3 is 10.2 Å². The fourth-order valence-corrected chi connectivity index (χ4v) is 3.52. The largest absolute Gasteiger partial charge is 0.350 e. The molecule has 2 aliphatic rings. The predicted molar refractivity (Wildman–Crippen MR) is 95.8 cm³/mol. The predicted octanol–water partition coefficient (Wildman–Crippen LogP) is 0.920. The standard InChI is InChI=1S/C18H34N4O2/c1-15-7-5-6-8-22(15)17(24)14-21-11-9-20(10-12-21)13-16(23)19-18(2,3)4/h15H,5-14H2,1-4H3,(H,19,23)/t15-/m1/s1. The molecule has 0 saturated carbocycles. The highest BCUT2D eigenvalue weighted by atomic mass is 16.2. The van der Waals surface area contributed by atoms with Gasteiger partial charge in [-0.2, -0.15) is 0 Å². The van der Waals surface area contributed by atoms with Crippen molar-refractivity contribution in [2.75, 3.05) is 45.8 Å². The SMILES string of the molecule is C[C@@H]1CCCCN1C(=O)CN1CCN(CC(=O)NC(C)(C)C)CC1. The highest BCUT2D eigenvalue weighted by molar-refractivity contribution is 5.79. The maximum atomic E-state index is 12.5. The summed E-state index contributed by atoms with van der Waals surface area (Å²) >= 11 is 0. The Balaban J connectivity index is 1.70. The van der Waals surface area contributed by atoms with Gasteiger partial charge in [0.1, 0.15) is 0 Å². The number of carbonyl (C=O) groups is 2. The minimum absolute atomic E-state index is 0.0779. The van der Waals surface area contributed by atoms with E-state index in [-0.39, 0.29) is 17.4 Å². The fourth-order valence-electron chi connectivity index (χ4n) is 3.52. The van der Waals surface area contributed by atoms with Gasteiger partial charge in [-0.25, -0.2) is 0 Å². The zero-order valence-electron chi connectivity index (χ0n) is 15.8. The first-order valence-electron chi connectivity index (χ1n) is 9.30. The summed E-state index contributed by atoms with van der Waals surface area (Å²) in [7, 11) is 0. The van der Waals surface area contributed by atoms with Crippen LogP contribution in [0.5, 0.6) is 0 Å². The second-order valence-electron chi connectivity index (χ2n) is 8.28. The molecule has 2 saturated heterocycles. The van der Waals surface area contributed by atoms with E-state index in [1.807, 2.05) is 25.7 Å². The first kappa shape index (κ1) is 19.2. The summed E-state index contributed by atoms with van der Waals surface area (Å²) < 4.78 is 0. The van der Waals surface area contributed by atoms with Crippen LogP contribution in [0.3, 0.4) is 0 Å². The number of amides is 2. The van der Waals surface area contributed by atoms with Crippen LogP contribution in [-0.4, -0.2) is 83.9 Å². The number of nitrogens with zero attached hydrogens (tertiary/aromatic N) is 3. The molecule has 1 N–H and O–H groups in total. The lowest BCUT2D eigenvalue weighted by atomic mass is 10.0. The van der Waals surface area contributed by atoms with Crippen LogP contribution in [0.2, 0.25) is 0 Å². The first-order valence-corrected chi connectivity index (χ1v) is 9.30. The second kappa shape index (κ2) is 8.30. The number of likely N-dealkylation sites (tertiary alicyclic amines) is 1. The summed E-state index contributed by atoms with van der Waals surface area (Å²) in [6.07, 6.45) is 3.50. The van der Waals surface area contributed by atoms with Crippen LogP contribution in [0.4, 0.5) is 0 Å². The Kier molecular flexibility index (Phi) is 6.63. The fraction of sp³-hybridized carbons (Fsp3) is 0.889. The van der Waals surface area contributed by atoms with Crippen LogP contribution >= 0.6 is 0 Å². The van der Waals surface area contributed by atoms with Crippen molar-refractivity contribution >= 4 is 11.8 Å². The van der Waals surface area contributed by atoms with Crippen LogP contribution in [0, 0.1) is 0 Å². The minimum atomic E-state index is -0.184. The van der Waals surface area contributed by atoms with Gasteiger partial charge in [0.25, 0.3) is 0 Å². The van der Waals surface area contributed by atoms with E-state index in [4.69, 9.17) is 0 Å². The third kappa shape index (κ3) is 6.06. The highest BCUT2D eigenvalue weighted by Crippen LogP contribution is 2.17. The molecule has 2 aliphatic heterocycles. The lowest BCUT2D eigenvalue weighted by Gasteiger charge is -2.38.